The zero-order valence-electron chi connectivity index (χ0n) is 9.82. The van der Waals surface area contributed by atoms with E-state index in [1.807, 2.05) is 7.05 Å². The molecule has 0 aliphatic carbocycles. The van der Waals surface area contributed by atoms with Crippen molar-refractivity contribution in [3.63, 3.8) is 0 Å². The van der Waals surface area contributed by atoms with Gasteiger partial charge in [-0.3, -0.25) is 10.1 Å². The lowest BCUT2D eigenvalue weighted by Crippen LogP contribution is -2.24. The summed E-state index contributed by atoms with van der Waals surface area (Å²) in [6.45, 7) is 1.74. The molecule has 0 radical (unpaired) electrons. The van der Waals surface area contributed by atoms with E-state index in [1.165, 1.54) is 12.1 Å². The van der Waals surface area contributed by atoms with Crippen LogP contribution in [0.25, 0.3) is 0 Å². The SMILES string of the molecule is CN1CCC(Nc2cc(F)c(Br)cc2[N+](=O)[O-])C1. The van der Waals surface area contributed by atoms with Crippen LogP contribution in [0.2, 0.25) is 0 Å². The number of rotatable bonds is 3. The van der Waals surface area contributed by atoms with Gasteiger partial charge in [-0.25, -0.2) is 4.39 Å². The Balaban J connectivity index is 2.25. The van der Waals surface area contributed by atoms with E-state index in [-0.39, 0.29) is 21.9 Å². The van der Waals surface area contributed by atoms with Crippen LogP contribution in [-0.2, 0) is 0 Å². The van der Waals surface area contributed by atoms with Crippen molar-refractivity contribution in [1.29, 1.82) is 0 Å². The molecule has 0 aromatic heterocycles. The van der Waals surface area contributed by atoms with Crippen molar-refractivity contribution in [3.05, 3.63) is 32.5 Å². The maximum absolute atomic E-state index is 13.5. The van der Waals surface area contributed by atoms with Gasteiger partial charge in [0, 0.05) is 24.7 Å². The highest BCUT2D eigenvalue weighted by molar-refractivity contribution is 9.10. The molecule has 7 heteroatoms. The van der Waals surface area contributed by atoms with Gasteiger partial charge in [0.25, 0.3) is 5.69 Å². The van der Waals surface area contributed by atoms with Gasteiger partial charge in [0.15, 0.2) is 0 Å². The Bertz CT molecular complexity index is 484. The van der Waals surface area contributed by atoms with Crippen LogP contribution in [0.15, 0.2) is 16.6 Å². The van der Waals surface area contributed by atoms with Crippen molar-refractivity contribution < 1.29 is 9.31 Å². The van der Waals surface area contributed by atoms with E-state index in [0.717, 1.165) is 19.5 Å². The van der Waals surface area contributed by atoms with Gasteiger partial charge in [-0.05, 0) is 35.9 Å². The number of halogens is 2. The average Bonchev–Trinajstić information content (AvgIpc) is 2.68. The van der Waals surface area contributed by atoms with Gasteiger partial charge in [-0.15, -0.1) is 0 Å². The molecule has 1 N–H and O–H groups in total. The first kappa shape index (κ1) is 13.2. The van der Waals surface area contributed by atoms with Gasteiger partial charge in [-0.2, -0.15) is 0 Å². The number of likely N-dealkylation sites (N-methyl/N-ethyl adjacent to an activating group) is 1. The van der Waals surface area contributed by atoms with Gasteiger partial charge in [0.2, 0.25) is 0 Å². The first-order chi connectivity index (χ1) is 8.47. The largest absolute Gasteiger partial charge is 0.375 e. The van der Waals surface area contributed by atoms with E-state index >= 15 is 0 Å². The molecule has 1 fully saturated rings. The quantitative estimate of drug-likeness (QED) is 0.687. The van der Waals surface area contributed by atoms with Crippen LogP contribution in [0.5, 0.6) is 0 Å². The van der Waals surface area contributed by atoms with Gasteiger partial charge in [-0.1, -0.05) is 0 Å². The summed E-state index contributed by atoms with van der Waals surface area (Å²) in [5.41, 5.74) is 0.124. The van der Waals surface area contributed by atoms with Gasteiger partial charge < -0.3 is 10.2 Å². The number of hydrogen-bond donors (Lipinski definition) is 1. The fourth-order valence-electron chi connectivity index (χ4n) is 2.08. The fourth-order valence-corrected chi connectivity index (χ4v) is 2.41. The second-order valence-electron chi connectivity index (χ2n) is 4.43. The summed E-state index contributed by atoms with van der Waals surface area (Å²) in [6.07, 6.45) is 0.894. The first-order valence-electron chi connectivity index (χ1n) is 5.56. The highest BCUT2D eigenvalue weighted by Gasteiger charge is 2.24. The molecule has 0 bridgehead atoms. The Hall–Kier alpha value is -1.21. The molecule has 98 valence electrons. The summed E-state index contributed by atoms with van der Waals surface area (Å²) >= 11 is 2.96. The van der Waals surface area contributed by atoms with E-state index < -0.39 is 10.7 Å². The molecule has 1 aromatic carbocycles. The summed E-state index contributed by atoms with van der Waals surface area (Å²) in [4.78, 5) is 12.6. The molecule has 1 unspecified atom stereocenters. The minimum Gasteiger partial charge on any atom is -0.375 e. The molecule has 1 aromatic rings. The standard InChI is InChI=1S/C11H13BrFN3O2/c1-15-3-2-7(6-15)14-10-5-9(13)8(12)4-11(10)16(17)18/h4-5,7,14H,2-3,6H2,1H3. The second kappa shape index (κ2) is 5.19. The van der Waals surface area contributed by atoms with Crippen LogP contribution in [-0.4, -0.2) is 36.0 Å². The topological polar surface area (TPSA) is 58.4 Å². The minimum absolute atomic E-state index is 0.100. The summed E-state index contributed by atoms with van der Waals surface area (Å²) in [6, 6.07) is 2.48. The molecular weight excluding hydrogens is 305 g/mol. The third-order valence-electron chi connectivity index (χ3n) is 2.99. The molecule has 0 spiro atoms. The number of hydrogen-bond acceptors (Lipinski definition) is 4. The molecule has 18 heavy (non-hydrogen) atoms. The molecule has 1 saturated heterocycles. The zero-order chi connectivity index (χ0) is 13.3. The highest BCUT2D eigenvalue weighted by Crippen LogP contribution is 2.31. The average molecular weight is 318 g/mol. The third kappa shape index (κ3) is 2.78. The predicted molar refractivity (Wildman–Crippen MR) is 70.3 cm³/mol. The number of anilines is 1. The summed E-state index contributed by atoms with van der Waals surface area (Å²) in [7, 11) is 1.98. The van der Waals surface area contributed by atoms with E-state index in [2.05, 4.69) is 26.1 Å². The monoisotopic (exact) mass is 317 g/mol. The second-order valence-corrected chi connectivity index (χ2v) is 5.29. The first-order valence-corrected chi connectivity index (χ1v) is 6.35. The summed E-state index contributed by atoms with van der Waals surface area (Å²) < 4.78 is 13.6. The Kier molecular flexibility index (Phi) is 3.82. The van der Waals surface area contributed by atoms with E-state index in [1.54, 1.807) is 0 Å². The highest BCUT2D eigenvalue weighted by atomic mass is 79.9. The smallest absolute Gasteiger partial charge is 0.293 e. The lowest BCUT2D eigenvalue weighted by Gasteiger charge is -2.14. The number of nitro groups is 1. The van der Waals surface area contributed by atoms with Crippen molar-refractivity contribution in [2.24, 2.45) is 0 Å². The maximum Gasteiger partial charge on any atom is 0.293 e. The molecule has 0 amide bonds. The van der Waals surface area contributed by atoms with Crippen LogP contribution < -0.4 is 5.32 Å². The summed E-state index contributed by atoms with van der Waals surface area (Å²) in [5, 5.41) is 14.0. The third-order valence-corrected chi connectivity index (χ3v) is 3.59. The van der Waals surface area contributed by atoms with Crippen LogP contribution in [0.1, 0.15) is 6.42 Å². The molecule has 1 heterocycles. The summed E-state index contributed by atoms with van der Waals surface area (Å²) in [5.74, 6) is -0.505. The van der Waals surface area contributed by atoms with Gasteiger partial charge >= 0.3 is 0 Å². The van der Waals surface area contributed by atoms with Crippen molar-refractivity contribution in [2.75, 3.05) is 25.5 Å². The Morgan fingerprint density at radius 3 is 2.89 bits per heavy atom. The predicted octanol–water partition coefficient (Wildman–Crippen LogP) is 2.61. The van der Waals surface area contributed by atoms with Crippen molar-refractivity contribution in [1.82, 2.24) is 4.90 Å². The van der Waals surface area contributed by atoms with Crippen molar-refractivity contribution in [3.8, 4) is 0 Å². The zero-order valence-corrected chi connectivity index (χ0v) is 11.4. The number of benzene rings is 1. The minimum atomic E-state index is -0.509. The van der Waals surface area contributed by atoms with Crippen LogP contribution in [0.3, 0.4) is 0 Å². The van der Waals surface area contributed by atoms with Crippen molar-refractivity contribution in [2.45, 2.75) is 12.5 Å². The number of nitrogens with one attached hydrogen (secondary N) is 1. The molecule has 0 saturated carbocycles. The molecule has 2 rings (SSSR count). The van der Waals surface area contributed by atoms with Crippen LogP contribution in [0.4, 0.5) is 15.8 Å². The van der Waals surface area contributed by atoms with E-state index in [4.69, 9.17) is 0 Å². The fraction of sp³-hybridized carbons (Fsp3) is 0.455. The lowest BCUT2D eigenvalue weighted by atomic mass is 10.2. The van der Waals surface area contributed by atoms with Crippen LogP contribution in [0, 0.1) is 15.9 Å². The molecule has 1 atom stereocenters. The maximum atomic E-state index is 13.5. The molecular formula is C11H13BrFN3O2. The Morgan fingerprint density at radius 1 is 1.61 bits per heavy atom. The molecule has 1 aliphatic rings. The normalized spacial score (nSPS) is 20.1. The number of nitro benzene ring substituents is 1. The Morgan fingerprint density at radius 2 is 2.33 bits per heavy atom. The van der Waals surface area contributed by atoms with Gasteiger partial charge in [0.1, 0.15) is 11.5 Å². The van der Waals surface area contributed by atoms with Gasteiger partial charge in [0.05, 0.1) is 9.40 Å². The molecule has 1 aliphatic heterocycles. The molecule has 5 nitrogen and oxygen atoms in total. The number of likely N-dealkylation sites (tertiary alicyclic amines) is 1. The van der Waals surface area contributed by atoms with Crippen molar-refractivity contribution >= 4 is 27.3 Å². The van der Waals surface area contributed by atoms with Crippen LogP contribution >= 0.6 is 15.9 Å². The van der Waals surface area contributed by atoms with E-state index in [9.17, 15) is 14.5 Å². The Labute approximate surface area is 112 Å². The number of nitrogens with zero attached hydrogens (tertiary/aromatic N) is 2. The van der Waals surface area contributed by atoms with E-state index in [0.29, 0.717) is 0 Å². The lowest BCUT2D eigenvalue weighted by molar-refractivity contribution is -0.384.